The monoisotopic (exact) mass is 660 g/mol. The van der Waals surface area contributed by atoms with Crippen LogP contribution in [0, 0.1) is 5.92 Å². The molecule has 0 radical (unpaired) electrons. The van der Waals surface area contributed by atoms with Crippen LogP contribution in [0.3, 0.4) is 0 Å². The predicted molar refractivity (Wildman–Crippen MR) is 191 cm³/mol. The number of aryl methyl sites for hydroxylation is 2. The molecular weight excluding hydrogens is 616 g/mol. The molecule has 9 heteroatoms. The quantitative estimate of drug-likeness (QED) is 0.153. The zero-order valence-electron chi connectivity index (χ0n) is 28.2. The van der Waals surface area contributed by atoms with Crippen molar-refractivity contribution in [3.8, 4) is 0 Å². The Labute approximate surface area is 287 Å². The van der Waals surface area contributed by atoms with Crippen LogP contribution in [0.15, 0.2) is 94.2 Å². The van der Waals surface area contributed by atoms with Crippen molar-refractivity contribution in [2.75, 3.05) is 24.5 Å². The maximum atomic E-state index is 13.5. The van der Waals surface area contributed by atoms with Gasteiger partial charge in [-0.2, -0.15) is 0 Å². The number of nitrogens with one attached hydrogen (secondary N) is 2. The van der Waals surface area contributed by atoms with Gasteiger partial charge in [0.25, 0.3) is 5.91 Å². The van der Waals surface area contributed by atoms with Gasteiger partial charge in [-0.1, -0.05) is 80.6 Å². The summed E-state index contributed by atoms with van der Waals surface area (Å²) >= 11 is 0. The molecular formula is C40H44N4O5. The molecule has 49 heavy (non-hydrogen) atoms. The number of rotatable bonds is 12. The Morgan fingerprint density at radius 2 is 1.57 bits per heavy atom. The van der Waals surface area contributed by atoms with Crippen molar-refractivity contribution in [3.63, 3.8) is 0 Å². The minimum absolute atomic E-state index is 0.0910. The average Bonchev–Trinajstić information content (AvgIpc) is 3.10. The zero-order chi connectivity index (χ0) is 34.3. The van der Waals surface area contributed by atoms with Crippen LogP contribution in [0.25, 0.3) is 11.0 Å². The van der Waals surface area contributed by atoms with Crippen molar-refractivity contribution in [1.29, 1.82) is 0 Å². The van der Waals surface area contributed by atoms with Gasteiger partial charge in [-0.3, -0.25) is 14.4 Å². The third-order valence-corrected chi connectivity index (χ3v) is 9.19. The number of hydrogen-bond acceptors (Lipinski definition) is 6. The lowest BCUT2D eigenvalue weighted by atomic mass is 9.90. The standard InChI is InChI=1S/C40H44N4O5/c1-27(2)22-34(39(47)41-19-9-18-35(45)44(25-28-12-5-3-6-13-28)26-29-14-7-4-8-15-29)42-38(46)33-24-31-23-30-16-10-20-43-21-11-17-32(36(30)43)37(31)49-40(33)48/h3-9,12-15,18,23-24,27,34H,10-11,16-17,19-22,25-26H2,1-2H3,(H,41,47)(H,42,46)/b18-9+/t34-/m0/s1. The Morgan fingerprint density at radius 1 is 0.918 bits per heavy atom. The number of amides is 3. The number of nitrogens with zero attached hydrogens (tertiary/aromatic N) is 2. The van der Waals surface area contributed by atoms with Crippen LogP contribution in [0.1, 0.15) is 65.7 Å². The Kier molecular flexibility index (Phi) is 10.6. The van der Waals surface area contributed by atoms with E-state index in [0.29, 0.717) is 25.1 Å². The van der Waals surface area contributed by atoms with Crippen molar-refractivity contribution < 1.29 is 18.8 Å². The van der Waals surface area contributed by atoms with E-state index in [0.717, 1.165) is 60.8 Å². The fraction of sp³-hybridized carbons (Fsp3) is 0.350. The van der Waals surface area contributed by atoms with E-state index in [2.05, 4.69) is 15.5 Å². The molecule has 0 spiro atoms. The minimum Gasteiger partial charge on any atom is -0.422 e. The summed E-state index contributed by atoms with van der Waals surface area (Å²) in [6, 6.07) is 22.4. The van der Waals surface area contributed by atoms with E-state index in [-0.39, 0.29) is 23.9 Å². The van der Waals surface area contributed by atoms with Gasteiger partial charge in [-0.05, 0) is 66.8 Å². The lowest BCUT2D eigenvalue weighted by molar-refractivity contribution is -0.127. The Hall–Kier alpha value is -5.18. The number of benzene rings is 3. The molecule has 3 aromatic carbocycles. The van der Waals surface area contributed by atoms with Gasteiger partial charge in [0.15, 0.2) is 0 Å². The molecule has 3 amide bonds. The minimum atomic E-state index is -0.877. The highest BCUT2D eigenvalue weighted by atomic mass is 16.4. The summed E-state index contributed by atoms with van der Waals surface area (Å²) in [5, 5.41) is 6.34. The van der Waals surface area contributed by atoms with Gasteiger partial charge in [0.1, 0.15) is 17.2 Å². The summed E-state index contributed by atoms with van der Waals surface area (Å²) in [6.45, 7) is 6.91. The van der Waals surface area contributed by atoms with Crippen LogP contribution in [-0.4, -0.2) is 48.3 Å². The van der Waals surface area contributed by atoms with Crippen molar-refractivity contribution in [2.45, 2.75) is 65.1 Å². The molecule has 2 aliphatic rings. The third-order valence-electron chi connectivity index (χ3n) is 9.19. The summed E-state index contributed by atoms with van der Waals surface area (Å²) in [6.07, 6.45) is 7.29. The maximum absolute atomic E-state index is 13.5. The summed E-state index contributed by atoms with van der Waals surface area (Å²) in [5.74, 6) is -1.13. The summed E-state index contributed by atoms with van der Waals surface area (Å²) < 4.78 is 5.81. The van der Waals surface area contributed by atoms with E-state index in [1.807, 2.05) is 80.6 Å². The van der Waals surface area contributed by atoms with E-state index in [9.17, 15) is 19.2 Å². The molecule has 0 unspecified atom stereocenters. The number of hydrogen-bond donors (Lipinski definition) is 2. The molecule has 4 aromatic rings. The second-order valence-electron chi connectivity index (χ2n) is 13.4. The Bertz CT molecular complexity index is 1860. The van der Waals surface area contributed by atoms with Gasteiger partial charge in [0, 0.05) is 55.4 Å². The molecule has 0 aliphatic carbocycles. The highest BCUT2D eigenvalue weighted by molar-refractivity contribution is 6.00. The molecule has 9 nitrogen and oxygen atoms in total. The van der Waals surface area contributed by atoms with Crippen LogP contribution in [0.2, 0.25) is 0 Å². The zero-order valence-corrected chi connectivity index (χ0v) is 28.2. The second-order valence-corrected chi connectivity index (χ2v) is 13.4. The molecule has 0 saturated heterocycles. The van der Waals surface area contributed by atoms with Crippen LogP contribution in [0.5, 0.6) is 0 Å². The maximum Gasteiger partial charge on any atom is 0.349 e. The fourth-order valence-corrected chi connectivity index (χ4v) is 6.91. The van der Waals surface area contributed by atoms with Crippen LogP contribution in [-0.2, 0) is 35.5 Å². The first-order valence-electron chi connectivity index (χ1n) is 17.3. The summed E-state index contributed by atoms with van der Waals surface area (Å²) in [4.78, 5) is 57.4. The molecule has 0 fully saturated rings. The second kappa shape index (κ2) is 15.4. The number of fused-ring (bicyclic) bond motifs is 2. The van der Waals surface area contributed by atoms with E-state index in [1.54, 1.807) is 17.0 Å². The van der Waals surface area contributed by atoms with Gasteiger partial charge in [0.05, 0.1) is 0 Å². The van der Waals surface area contributed by atoms with Gasteiger partial charge in [-0.25, -0.2) is 4.79 Å². The number of anilines is 1. The largest absolute Gasteiger partial charge is 0.422 e. The summed E-state index contributed by atoms with van der Waals surface area (Å²) in [5.41, 5.74) is 5.21. The Balaban J connectivity index is 1.12. The van der Waals surface area contributed by atoms with Crippen molar-refractivity contribution in [3.05, 3.63) is 123 Å². The molecule has 6 rings (SSSR count). The van der Waals surface area contributed by atoms with Gasteiger partial charge in [0.2, 0.25) is 11.8 Å². The number of carbonyl (C=O) groups is 3. The van der Waals surface area contributed by atoms with Crippen molar-refractivity contribution in [1.82, 2.24) is 15.5 Å². The molecule has 3 heterocycles. The molecule has 254 valence electrons. The first kappa shape index (κ1) is 33.7. The number of carbonyl (C=O) groups excluding carboxylic acids is 3. The first-order valence-corrected chi connectivity index (χ1v) is 17.3. The van der Waals surface area contributed by atoms with Gasteiger partial charge < -0.3 is 24.9 Å². The third kappa shape index (κ3) is 8.11. The first-order chi connectivity index (χ1) is 23.8. The molecule has 2 N–H and O–H groups in total. The SMILES string of the molecule is CC(C)C[C@H](NC(=O)c1cc2cc3c4c(c2oc1=O)CCCN4CCC3)C(=O)NC/C=C/C(=O)N(Cc1ccccc1)Cc1ccccc1. The van der Waals surface area contributed by atoms with Crippen LogP contribution in [0.4, 0.5) is 5.69 Å². The topological polar surface area (TPSA) is 112 Å². The van der Waals surface area contributed by atoms with E-state index in [4.69, 9.17) is 4.42 Å². The van der Waals surface area contributed by atoms with E-state index in [1.165, 1.54) is 17.3 Å². The molecule has 0 bridgehead atoms. The van der Waals surface area contributed by atoms with Crippen LogP contribution >= 0.6 is 0 Å². The van der Waals surface area contributed by atoms with Gasteiger partial charge >= 0.3 is 5.63 Å². The van der Waals surface area contributed by atoms with E-state index >= 15 is 0 Å². The van der Waals surface area contributed by atoms with E-state index < -0.39 is 23.5 Å². The average molecular weight is 661 g/mol. The summed E-state index contributed by atoms with van der Waals surface area (Å²) in [7, 11) is 0. The smallest absolute Gasteiger partial charge is 0.349 e. The lowest BCUT2D eigenvalue weighted by Gasteiger charge is -2.37. The van der Waals surface area contributed by atoms with Crippen LogP contribution < -0.4 is 21.2 Å². The highest BCUT2D eigenvalue weighted by Crippen LogP contribution is 2.39. The Morgan fingerprint density at radius 3 is 2.22 bits per heavy atom. The molecule has 1 aromatic heterocycles. The molecule has 2 aliphatic heterocycles. The lowest BCUT2D eigenvalue weighted by Crippen LogP contribution is -2.48. The normalized spacial score (nSPS) is 14.5. The molecule has 0 saturated carbocycles. The fourth-order valence-electron chi connectivity index (χ4n) is 6.91. The predicted octanol–water partition coefficient (Wildman–Crippen LogP) is 5.54. The highest BCUT2D eigenvalue weighted by Gasteiger charge is 2.29. The molecule has 1 atom stereocenters. The van der Waals surface area contributed by atoms with Crippen molar-refractivity contribution in [2.24, 2.45) is 5.92 Å². The van der Waals surface area contributed by atoms with Crippen molar-refractivity contribution >= 4 is 34.4 Å². The van der Waals surface area contributed by atoms with Gasteiger partial charge in [-0.15, -0.1) is 0 Å².